The number of rotatable bonds is 1. The molecule has 0 aromatic rings. The van der Waals surface area contributed by atoms with E-state index in [-0.39, 0.29) is 11.9 Å². The normalized spacial score (nSPS) is 55.3. The van der Waals surface area contributed by atoms with Crippen molar-refractivity contribution >= 4 is 0 Å². The van der Waals surface area contributed by atoms with E-state index in [1.165, 1.54) is 0 Å². The summed E-state index contributed by atoms with van der Waals surface area (Å²) in [6.07, 6.45) is 2.79. The summed E-state index contributed by atoms with van der Waals surface area (Å²) in [4.78, 5) is 0. The topological polar surface area (TPSA) is 21.8 Å². The standard InChI is InChI=1S/C7H12O2/c1-3-7(2)4-5-6(8-5)9-7/h5-6H,3-4H2,1-2H3. The fourth-order valence-corrected chi connectivity index (χ4v) is 1.36. The van der Waals surface area contributed by atoms with Crippen molar-refractivity contribution in [2.24, 2.45) is 0 Å². The van der Waals surface area contributed by atoms with E-state index in [0.717, 1.165) is 12.8 Å². The molecular weight excluding hydrogens is 116 g/mol. The van der Waals surface area contributed by atoms with Crippen molar-refractivity contribution in [2.75, 3.05) is 0 Å². The van der Waals surface area contributed by atoms with Crippen molar-refractivity contribution in [3.8, 4) is 0 Å². The van der Waals surface area contributed by atoms with Crippen molar-refractivity contribution < 1.29 is 9.47 Å². The van der Waals surface area contributed by atoms with E-state index in [9.17, 15) is 0 Å². The van der Waals surface area contributed by atoms with Gasteiger partial charge in [-0.25, -0.2) is 0 Å². The van der Waals surface area contributed by atoms with Crippen molar-refractivity contribution in [1.82, 2.24) is 0 Å². The molecule has 0 N–H and O–H groups in total. The smallest absolute Gasteiger partial charge is 0.185 e. The number of ether oxygens (including phenoxy) is 2. The van der Waals surface area contributed by atoms with Crippen LogP contribution in [0, 0.1) is 0 Å². The molecule has 0 spiro atoms. The highest BCUT2D eigenvalue weighted by atomic mass is 16.8. The molecule has 2 aliphatic rings. The maximum atomic E-state index is 5.55. The van der Waals surface area contributed by atoms with Gasteiger partial charge in [0.2, 0.25) is 0 Å². The summed E-state index contributed by atoms with van der Waals surface area (Å²) in [6, 6.07) is 0. The lowest BCUT2D eigenvalue weighted by atomic mass is 10.00. The minimum Gasteiger partial charge on any atom is -0.344 e. The zero-order valence-electron chi connectivity index (χ0n) is 5.89. The molecular formula is C7H12O2. The summed E-state index contributed by atoms with van der Waals surface area (Å²) in [5.41, 5.74) is 0.133. The molecule has 0 amide bonds. The van der Waals surface area contributed by atoms with Crippen LogP contribution in [0.4, 0.5) is 0 Å². The van der Waals surface area contributed by atoms with E-state index in [0.29, 0.717) is 6.10 Å². The van der Waals surface area contributed by atoms with Gasteiger partial charge in [0.15, 0.2) is 6.29 Å². The van der Waals surface area contributed by atoms with E-state index in [1.807, 2.05) is 0 Å². The predicted molar refractivity (Wildman–Crippen MR) is 33.1 cm³/mol. The van der Waals surface area contributed by atoms with Crippen molar-refractivity contribution in [3.05, 3.63) is 0 Å². The van der Waals surface area contributed by atoms with Gasteiger partial charge < -0.3 is 9.47 Å². The lowest BCUT2D eigenvalue weighted by Crippen LogP contribution is -2.24. The van der Waals surface area contributed by atoms with Gasteiger partial charge in [0.1, 0.15) is 6.10 Å². The molecule has 3 unspecified atom stereocenters. The number of hydrogen-bond acceptors (Lipinski definition) is 2. The van der Waals surface area contributed by atoms with E-state index in [1.54, 1.807) is 0 Å². The number of hydrogen-bond donors (Lipinski definition) is 0. The first-order valence-electron chi connectivity index (χ1n) is 3.57. The van der Waals surface area contributed by atoms with Crippen molar-refractivity contribution in [2.45, 2.75) is 44.7 Å². The monoisotopic (exact) mass is 128 g/mol. The molecule has 2 saturated heterocycles. The molecule has 2 fully saturated rings. The maximum Gasteiger partial charge on any atom is 0.185 e. The van der Waals surface area contributed by atoms with Gasteiger partial charge in [-0.3, -0.25) is 0 Å². The summed E-state index contributed by atoms with van der Waals surface area (Å²) in [7, 11) is 0. The molecule has 2 aliphatic heterocycles. The third-order valence-electron chi connectivity index (χ3n) is 2.32. The van der Waals surface area contributed by atoms with Crippen molar-refractivity contribution in [3.63, 3.8) is 0 Å². The summed E-state index contributed by atoms with van der Waals surface area (Å²) < 4.78 is 10.7. The zero-order chi connectivity index (χ0) is 6.48. The average molecular weight is 128 g/mol. The third kappa shape index (κ3) is 0.775. The van der Waals surface area contributed by atoms with E-state index in [2.05, 4.69) is 13.8 Å². The Kier molecular flexibility index (Phi) is 0.945. The lowest BCUT2D eigenvalue weighted by molar-refractivity contribution is -0.0786. The second-order valence-electron chi connectivity index (χ2n) is 3.17. The lowest BCUT2D eigenvalue weighted by Gasteiger charge is -2.22. The molecule has 0 radical (unpaired) electrons. The van der Waals surface area contributed by atoms with Gasteiger partial charge in [0.25, 0.3) is 0 Å². The Morgan fingerprint density at radius 3 is 2.78 bits per heavy atom. The molecule has 2 heterocycles. The van der Waals surface area contributed by atoms with Crippen LogP contribution in [0.15, 0.2) is 0 Å². The van der Waals surface area contributed by atoms with E-state index < -0.39 is 0 Å². The Morgan fingerprint density at radius 1 is 1.67 bits per heavy atom. The Hall–Kier alpha value is -0.0800. The second-order valence-corrected chi connectivity index (χ2v) is 3.17. The fourth-order valence-electron chi connectivity index (χ4n) is 1.36. The van der Waals surface area contributed by atoms with Crippen LogP contribution < -0.4 is 0 Å². The van der Waals surface area contributed by atoms with Gasteiger partial charge in [-0.05, 0) is 13.3 Å². The van der Waals surface area contributed by atoms with Crippen LogP contribution in [0.5, 0.6) is 0 Å². The van der Waals surface area contributed by atoms with Gasteiger partial charge in [0.05, 0.1) is 5.60 Å². The molecule has 0 aliphatic carbocycles. The molecule has 2 heteroatoms. The first kappa shape index (κ1) is 5.69. The maximum absolute atomic E-state index is 5.55. The Morgan fingerprint density at radius 2 is 2.44 bits per heavy atom. The van der Waals surface area contributed by atoms with Gasteiger partial charge >= 0.3 is 0 Å². The molecule has 3 atom stereocenters. The summed E-state index contributed by atoms with van der Waals surface area (Å²) in [5.74, 6) is 0. The molecule has 2 rings (SSSR count). The van der Waals surface area contributed by atoms with Gasteiger partial charge in [-0.2, -0.15) is 0 Å². The molecule has 0 saturated carbocycles. The van der Waals surface area contributed by atoms with Crippen LogP contribution in [0.3, 0.4) is 0 Å². The van der Waals surface area contributed by atoms with Crippen molar-refractivity contribution in [1.29, 1.82) is 0 Å². The minimum atomic E-state index is 0.133. The number of epoxide rings is 1. The summed E-state index contributed by atoms with van der Waals surface area (Å²) in [6.45, 7) is 4.31. The minimum absolute atomic E-state index is 0.133. The Labute approximate surface area is 55.1 Å². The second kappa shape index (κ2) is 1.50. The van der Waals surface area contributed by atoms with Gasteiger partial charge in [-0.15, -0.1) is 0 Å². The van der Waals surface area contributed by atoms with Crippen LogP contribution >= 0.6 is 0 Å². The summed E-state index contributed by atoms with van der Waals surface area (Å²) in [5, 5.41) is 0. The average Bonchev–Trinajstić information content (AvgIpc) is 2.42. The largest absolute Gasteiger partial charge is 0.344 e. The number of fused-ring (bicyclic) bond motifs is 1. The molecule has 0 bridgehead atoms. The highest BCUT2D eigenvalue weighted by Gasteiger charge is 2.54. The van der Waals surface area contributed by atoms with Crippen LogP contribution in [0.1, 0.15) is 26.7 Å². The quantitative estimate of drug-likeness (QED) is 0.496. The molecule has 0 aromatic carbocycles. The van der Waals surface area contributed by atoms with Crippen LogP contribution in [-0.4, -0.2) is 18.0 Å². The van der Waals surface area contributed by atoms with Crippen LogP contribution in [-0.2, 0) is 9.47 Å². The first-order chi connectivity index (χ1) is 4.23. The predicted octanol–water partition coefficient (Wildman–Crippen LogP) is 1.30. The third-order valence-corrected chi connectivity index (χ3v) is 2.32. The first-order valence-corrected chi connectivity index (χ1v) is 3.57. The van der Waals surface area contributed by atoms with Crippen LogP contribution in [0.2, 0.25) is 0 Å². The van der Waals surface area contributed by atoms with Gasteiger partial charge in [-0.1, -0.05) is 6.92 Å². The highest BCUT2D eigenvalue weighted by molar-refractivity contribution is 4.95. The zero-order valence-corrected chi connectivity index (χ0v) is 5.89. The van der Waals surface area contributed by atoms with E-state index in [4.69, 9.17) is 9.47 Å². The van der Waals surface area contributed by atoms with Gasteiger partial charge in [0, 0.05) is 6.42 Å². The molecule has 52 valence electrons. The molecule has 9 heavy (non-hydrogen) atoms. The highest BCUT2D eigenvalue weighted by Crippen LogP contribution is 2.44. The SMILES string of the molecule is CCC1(C)CC2OC2O1. The Balaban J connectivity index is 2.02. The molecule has 2 nitrogen and oxygen atoms in total. The van der Waals surface area contributed by atoms with Crippen LogP contribution in [0.25, 0.3) is 0 Å². The fraction of sp³-hybridized carbons (Fsp3) is 1.00. The van der Waals surface area contributed by atoms with E-state index >= 15 is 0 Å². The Bertz CT molecular complexity index is 123. The summed E-state index contributed by atoms with van der Waals surface area (Å²) >= 11 is 0. The molecule has 0 aromatic heterocycles.